The van der Waals surface area contributed by atoms with Crippen LogP contribution in [0, 0.1) is 20.7 Å². The van der Waals surface area contributed by atoms with Gasteiger partial charge in [-0.2, -0.15) is 5.26 Å². The Morgan fingerprint density at radius 1 is 1.46 bits per heavy atom. The van der Waals surface area contributed by atoms with Crippen LogP contribution in [0.5, 0.6) is 0 Å². The second kappa shape index (κ2) is 3.00. The van der Waals surface area contributed by atoms with Gasteiger partial charge in [0, 0.05) is 0 Å². The van der Waals surface area contributed by atoms with Gasteiger partial charge in [0.2, 0.25) is 0 Å². The number of nitriles is 1. The maximum Gasteiger partial charge on any atom is 0.155 e. The molecule has 1 aromatic carbocycles. The molecule has 0 fully saturated rings. The summed E-state index contributed by atoms with van der Waals surface area (Å²) in [4.78, 5) is 0. The van der Waals surface area contributed by atoms with E-state index in [0.717, 1.165) is 0 Å². The number of nitrogens with zero attached hydrogens (tertiary/aromatic N) is 1. The van der Waals surface area contributed by atoms with Crippen molar-refractivity contribution in [3.05, 3.63) is 33.3 Å². The van der Waals surface area contributed by atoms with Crippen LogP contribution in [0.1, 0.15) is 5.56 Å². The molecule has 0 aliphatic carbocycles. The highest BCUT2D eigenvalue weighted by molar-refractivity contribution is 14.1. The highest BCUT2D eigenvalue weighted by atomic mass is 127. The maximum atomic E-state index is 13.2. The molecule has 2 nitrogen and oxygen atoms in total. The smallest absolute Gasteiger partial charge is 0.155 e. The molecule has 2 aromatic rings. The van der Waals surface area contributed by atoms with Crippen LogP contribution in [-0.2, 0) is 0 Å². The van der Waals surface area contributed by atoms with Crippen LogP contribution in [0.15, 0.2) is 22.8 Å². The molecule has 0 N–H and O–H groups in total. The molecule has 1 heterocycles. The Bertz CT molecular complexity index is 512. The standard InChI is InChI=1S/C9H3FINO/c10-6-2-1-5(3-12)9-8(6)7(11)4-13-9/h1-2,4H. The molecule has 4 heteroatoms. The number of hydrogen-bond donors (Lipinski definition) is 0. The summed E-state index contributed by atoms with van der Waals surface area (Å²) in [6.45, 7) is 0. The Morgan fingerprint density at radius 2 is 2.23 bits per heavy atom. The zero-order chi connectivity index (χ0) is 9.42. The highest BCUT2D eigenvalue weighted by Gasteiger charge is 2.12. The third kappa shape index (κ3) is 1.20. The molecule has 1 aromatic heterocycles. The van der Waals surface area contributed by atoms with Crippen molar-refractivity contribution in [2.75, 3.05) is 0 Å². The van der Waals surface area contributed by atoms with Crippen LogP contribution in [0.25, 0.3) is 11.0 Å². The van der Waals surface area contributed by atoms with Crippen LogP contribution < -0.4 is 0 Å². The first-order valence-electron chi connectivity index (χ1n) is 3.49. The molecule has 0 saturated carbocycles. The second-order valence-corrected chi connectivity index (χ2v) is 3.66. The third-order valence-electron chi connectivity index (χ3n) is 1.75. The summed E-state index contributed by atoms with van der Waals surface area (Å²) >= 11 is 1.97. The SMILES string of the molecule is N#Cc1ccc(F)c2c(I)coc12. The van der Waals surface area contributed by atoms with Crippen molar-refractivity contribution in [2.24, 2.45) is 0 Å². The van der Waals surface area contributed by atoms with E-state index in [-0.39, 0.29) is 5.82 Å². The summed E-state index contributed by atoms with van der Waals surface area (Å²) < 4.78 is 19.0. The topological polar surface area (TPSA) is 36.9 Å². The summed E-state index contributed by atoms with van der Waals surface area (Å²) in [7, 11) is 0. The van der Waals surface area contributed by atoms with E-state index < -0.39 is 0 Å². The minimum atomic E-state index is -0.354. The van der Waals surface area contributed by atoms with Crippen LogP contribution >= 0.6 is 22.6 Å². The lowest BCUT2D eigenvalue weighted by atomic mass is 10.1. The molecular formula is C9H3FINO. The molecule has 0 spiro atoms. The van der Waals surface area contributed by atoms with Crippen LogP contribution in [-0.4, -0.2) is 0 Å². The average molecular weight is 287 g/mol. The molecule has 0 unspecified atom stereocenters. The van der Waals surface area contributed by atoms with Gasteiger partial charge in [0.25, 0.3) is 0 Å². The van der Waals surface area contributed by atoms with Crippen LogP contribution in [0.3, 0.4) is 0 Å². The van der Waals surface area contributed by atoms with Crippen molar-refractivity contribution >= 4 is 33.6 Å². The van der Waals surface area contributed by atoms with E-state index in [9.17, 15) is 4.39 Å². The number of hydrogen-bond acceptors (Lipinski definition) is 2. The number of halogens is 2. The molecule has 0 aliphatic heterocycles. The van der Waals surface area contributed by atoms with E-state index in [1.807, 2.05) is 28.7 Å². The quantitative estimate of drug-likeness (QED) is 0.698. The first kappa shape index (κ1) is 8.51. The van der Waals surface area contributed by atoms with Gasteiger partial charge in [-0.05, 0) is 34.7 Å². The zero-order valence-electron chi connectivity index (χ0n) is 6.34. The third-order valence-corrected chi connectivity index (χ3v) is 2.54. The average Bonchev–Trinajstić information content (AvgIpc) is 2.50. The number of fused-ring (bicyclic) bond motifs is 1. The Morgan fingerprint density at radius 3 is 2.92 bits per heavy atom. The predicted molar refractivity (Wildman–Crippen MR) is 53.6 cm³/mol. The predicted octanol–water partition coefficient (Wildman–Crippen LogP) is 3.05. The molecular weight excluding hydrogens is 284 g/mol. The van der Waals surface area contributed by atoms with Gasteiger partial charge in [0.15, 0.2) is 5.58 Å². The monoisotopic (exact) mass is 287 g/mol. The number of benzene rings is 1. The van der Waals surface area contributed by atoms with Crippen molar-refractivity contribution in [1.82, 2.24) is 0 Å². The van der Waals surface area contributed by atoms with Gasteiger partial charge in [-0.25, -0.2) is 4.39 Å². The largest absolute Gasteiger partial charge is 0.462 e. The molecule has 0 amide bonds. The minimum absolute atomic E-state index is 0.326. The first-order valence-corrected chi connectivity index (χ1v) is 4.57. The van der Waals surface area contributed by atoms with Crippen molar-refractivity contribution in [3.63, 3.8) is 0 Å². The van der Waals surface area contributed by atoms with E-state index in [2.05, 4.69) is 0 Å². The van der Waals surface area contributed by atoms with E-state index >= 15 is 0 Å². The van der Waals surface area contributed by atoms with Crippen molar-refractivity contribution in [2.45, 2.75) is 0 Å². The Labute approximate surface area is 87.1 Å². The Hall–Kier alpha value is -1.09. The molecule has 0 bridgehead atoms. The number of furan rings is 1. The van der Waals surface area contributed by atoms with E-state index in [4.69, 9.17) is 9.68 Å². The van der Waals surface area contributed by atoms with E-state index in [1.54, 1.807) is 0 Å². The van der Waals surface area contributed by atoms with Crippen molar-refractivity contribution < 1.29 is 8.81 Å². The molecule has 64 valence electrons. The van der Waals surface area contributed by atoms with Crippen molar-refractivity contribution in [1.29, 1.82) is 5.26 Å². The van der Waals surface area contributed by atoms with Gasteiger partial charge < -0.3 is 4.42 Å². The normalized spacial score (nSPS) is 10.2. The fraction of sp³-hybridized carbons (Fsp3) is 0. The molecule has 2 rings (SSSR count). The lowest BCUT2D eigenvalue weighted by Crippen LogP contribution is -1.81. The van der Waals surface area contributed by atoms with Gasteiger partial charge in [0.1, 0.15) is 18.1 Å². The lowest BCUT2D eigenvalue weighted by molar-refractivity contribution is 0.608. The number of rotatable bonds is 0. The molecule has 0 aliphatic rings. The van der Waals surface area contributed by atoms with E-state index in [0.29, 0.717) is 20.1 Å². The van der Waals surface area contributed by atoms with Gasteiger partial charge in [0.05, 0.1) is 14.5 Å². The molecule has 13 heavy (non-hydrogen) atoms. The van der Waals surface area contributed by atoms with Gasteiger partial charge in [-0.15, -0.1) is 0 Å². The molecule has 0 saturated heterocycles. The maximum absolute atomic E-state index is 13.2. The fourth-order valence-electron chi connectivity index (χ4n) is 1.16. The Balaban J connectivity index is 2.97. The molecule has 0 atom stereocenters. The minimum Gasteiger partial charge on any atom is -0.462 e. The summed E-state index contributed by atoms with van der Waals surface area (Å²) in [6.07, 6.45) is 1.44. The Kier molecular flexibility index (Phi) is 1.96. The summed E-state index contributed by atoms with van der Waals surface area (Å²) in [5.74, 6) is -0.354. The summed E-state index contributed by atoms with van der Waals surface area (Å²) in [5.41, 5.74) is 0.686. The van der Waals surface area contributed by atoms with Gasteiger partial charge in [-0.1, -0.05) is 0 Å². The van der Waals surface area contributed by atoms with Crippen LogP contribution in [0.2, 0.25) is 0 Å². The fourth-order valence-corrected chi connectivity index (χ4v) is 1.79. The van der Waals surface area contributed by atoms with E-state index in [1.165, 1.54) is 18.4 Å². The van der Waals surface area contributed by atoms with Gasteiger partial charge in [-0.3, -0.25) is 0 Å². The van der Waals surface area contributed by atoms with Crippen molar-refractivity contribution in [3.8, 4) is 6.07 Å². The second-order valence-electron chi connectivity index (χ2n) is 2.49. The first-order chi connectivity index (χ1) is 6.24. The highest BCUT2D eigenvalue weighted by Crippen LogP contribution is 2.27. The summed E-state index contributed by atoms with van der Waals surface area (Å²) in [5, 5.41) is 9.09. The molecule has 0 radical (unpaired) electrons. The van der Waals surface area contributed by atoms with Gasteiger partial charge >= 0.3 is 0 Å². The summed E-state index contributed by atoms with van der Waals surface area (Å²) in [6, 6.07) is 4.64. The lowest BCUT2D eigenvalue weighted by Gasteiger charge is -1.93. The zero-order valence-corrected chi connectivity index (χ0v) is 8.50. The van der Waals surface area contributed by atoms with Crippen LogP contribution in [0.4, 0.5) is 4.39 Å².